The van der Waals surface area contributed by atoms with Crippen LogP contribution in [0.2, 0.25) is 0 Å². The Hall–Kier alpha value is -2.12. The van der Waals surface area contributed by atoms with Crippen LogP contribution in [0.3, 0.4) is 0 Å². The number of nitrogens with zero attached hydrogens (tertiary/aromatic N) is 3. The predicted octanol–water partition coefficient (Wildman–Crippen LogP) is 2.75. The summed E-state index contributed by atoms with van der Waals surface area (Å²) in [5, 5.41) is 10.2. The van der Waals surface area contributed by atoms with Crippen molar-refractivity contribution in [2.45, 2.75) is 20.3 Å². The highest BCUT2D eigenvalue weighted by molar-refractivity contribution is 5.85. The van der Waals surface area contributed by atoms with Gasteiger partial charge < -0.3 is 9.64 Å². The summed E-state index contributed by atoms with van der Waals surface area (Å²) in [5.41, 5.74) is 4.51. The number of rotatable bonds is 2. The molecule has 1 aliphatic heterocycles. The zero-order valence-electron chi connectivity index (χ0n) is 12.5. The fraction of sp³-hybridized carbons (Fsp3) is 0.412. The lowest BCUT2D eigenvalue weighted by atomic mass is 10.0. The van der Waals surface area contributed by atoms with Gasteiger partial charge >= 0.3 is 0 Å². The second-order valence-corrected chi connectivity index (χ2v) is 5.48. The van der Waals surface area contributed by atoms with Crippen LogP contribution in [0.4, 0.5) is 5.82 Å². The molecular weight excluding hydrogens is 262 g/mol. The Morgan fingerprint density at radius 3 is 2.76 bits per heavy atom. The molecule has 0 spiro atoms. The van der Waals surface area contributed by atoms with E-state index in [1.54, 1.807) is 0 Å². The van der Waals surface area contributed by atoms with Crippen molar-refractivity contribution in [3.8, 4) is 6.07 Å². The molecule has 4 nitrogen and oxygen atoms in total. The van der Waals surface area contributed by atoms with Gasteiger partial charge in [-0.25, -0.2) is 4.98 Å². The Balaban J connectivity index is 2.17. The first-order valence-electron chi connectivity index (χ1n) is 7.30. The molecule has 0 bridgehead atoms. The highest BCUT2D eigenvalue weighted by atomic mass is 16.5. The van der Waals surface area contributed by atoms with Crippen molar-refractivity contribution >= 4 is 16.7 Å². The van der Waals surface area contributed by atoms with Crippen LogP contribution in [0, 0.1) is 25.2 Å². The van der Waals surface area contributed by atoms with Gasteiger partial charge in [0.25, 0.3) is 0 Å². The highest BCUT2D eigenvalue weighted by Gasteiger charge is 2.18. The molecule has 1 saturated heterocycles. The molecule has 0 radical (unpaired) electrons. The average Bonchev–Trinajstić information content (AvgIpc) is 2.52. The number of aryl methyl sites for hydroxylation is 2. The Bertz CT molecular complexity index is 712. The molecule has 0 amide bonds. The Morgan fingerprint density at radius 2 is 2.05 bits per heavy atom. The lowest BCUT2D eigenvalue weighted by molar-refractivity contribution is 0.122. The van der Waals surface area contributed by atoms with Gasteiger partial charge in [0.1, 0.15) is 5.82 Å². The van der Waals surface area contributed by atoms with Crippen molar-refractivity contribution in [1.82, 2.24) is 4.98 Å². The third-order valence-corrected chi connectivity index (χ3v) is 4.15. The zero-order chi connectivity index (χ0) is 14.8. The minimum atomic E-state index is 0.391. The monoisotopic (exact) mass is 281 g/mol. The van der Waals surface area contributed by atoms with E-state index in [1.165, 1.54) is 11.1 Å². The molecule has 21 heavy (non-hydrogen) atoms. The molecule has 1 aliphatic rings. The van der Waals surface area contributed by atoms with Crippen molar-refractivity contribution in [1.29, 1.82) is 5.26 Å². The van der Waals surface area contributed by atoms with E-state index >= 15 is 0 Å². The van der Waals surface area contributed by atoms with Crippen LogP contribution in [-0.2, 0) is 11.2 Å². The maximum atomic E-state index is 9.09. The van der Waals surface area contributed by atoms with E-state index in [0.717, 1.165) is 48.6 Å². The van der Waals surface area contributed by atoms with Gasteiger partial charge in [-0.15, -0.1) is 0 Å². The third-order valence-electron chi connectivity index (χ3n) is 4.15. The minimum absolute atomic E-state index is 0.391. The quantitative estimate of drug-likeness (QED) is 0.849. The molecular formula is C17H19N3O. The van der Waals surface area contributed by atoms with E-state index in [-0.39, 0.29) is 0 Å². The number of hydrogen-bond donors (Lipinski definition) is 0. The molecule has 2 heterocycles. The van der Waals surface area contributed by atoms with Gasteiger partial charge in [-0.2, -0.15) is 5.26 Å². The average molecular weight is 281 g/mol. The van der Waals surface area contributed by atoms with Crippen LogP contribution in [0.25, 0.3) is 10.9 Å². The number of fused-ring (bicyclic) bond motifs is 1. The van der Waals surface area contributed by atoms with E-state index in [1.807, 2.05) is 0 Å². The summed E-state index contributed by atoms with van der Waals surface area (Å²) in [7, 11) is 0. The van der Waals surface area contributed by atoms with E-state index in [4.69, 9.17) is 15.0 Å². The van der Waals surface area contributed by atoms with Gasteiger partial charge in [-0.3, -0.25) is 0 Å². The van der Waals surface area contributed by atoms with Crippen LogP contribution >= 0.6 is 0 Å². The number of anilines is 1. The van der Waals surface area contributed by atoms with E-state index < -0.39 is 0 Å². The fourth-order valence-corrected chi connectivity index (χ4v) is 2.78. The van der Waals surface area contributed by atoms with Crippen LogP contribution in [0.5, 0.6) is 0 Å². The molecule has 1 fully saturated rings. The van der Waals surface area contributed by atoms with Crippen LogP contribution in [0.15, 0.2) is 18.2 Å². The second-order valence-electron chi connectivity index (χ2n) is 5.48. The first kappa shape index (κ1) is 13.8. The Labute approximate surface area is 125 Å². The number of pyridine rings is 1. The molecule has 2 aromatic rings. The zero-order valence-corrected chi connectivity index (χ0v) is 12.5. The van der Waals surface area contributed by atoms with Crippen molar-refractivity contribution in [3.05, 3.63) is 34.9 Å². The Kier molecular flexibility index (Phi) is 3.76. The number of morpholine rings is 1. The summed E-state index contributed by atoms with van der Waals surface area (Å²) < 4.78 is 5.42. The van der Waals surface area contributed by atoms with Gasteiger partial charge in [0.15, 0.2) is 0 Å². The lowest BCUT2D eigenvalue weighted by Crippen LogP contribution is -2.37. The van der Waals surface area contributed by atoms with Gasteiger partial charge in [0.05, 0.1) is 31.2 Å². The van der Waals surface area contributed by atoms with Crippen molar-refractivity contribution in [2.24, 2.45) is 0 Å². The normalized spacial score (nSPS) is 15.2. The van der Waals surface area contributed by atoms with Gasteiger partial charge in [-0.05, 0) is 31.0 Å². The van der Waals surface area contributed by atoms with Crippen molar-refractivity contribution in [2.75, 3.05) is 31.2 Å². The van der Waals surface area contributed by atoms with E-state index in [2.05, 4.69) is 43.0 Å². The summed E-state index contributed by atoms with van der Waals surface area (Å²) in [6.07, 6.45) is 0.391. The number of nitriles is 1. The summed E-state index contributed by atoms with van der Waals surface area (Å²) in [6.45, 7) is 7.33. The maximum Gasteiger partial charge on any atom is 0.133 e. The molecule has 4 heteroatoms. The molecule has 0 atom stereocenters. The summed E-state index contributed by atoms with van der Waals surface area (Å²) in [5.74, 6) is 0.945. The summed E-state index contributed by atoms with van der Waals surface area (Å²) >= 11 is 0. The summed E-state index contributed by atoms with van der Waals surface area (Å²) in [6, 6.07) is 8.58. The predicted molar refractivity (Wildman–Crippen MR) is 83.6 cm³/mol. The van der Waals surface area contributed by atoms with E-state index in [0.29, 0.717) is 6.42 Å². The van der Waals surface area contributed by atoms with Crippen LogP contribution in [-0.4, -0.2) is 31.3 Å². The summed E-state index contributed by atoms with van der Waals surface area (Å²) in [4.78, 5) is 7.13. The highest BCUT2D eigenvalue weighted by Crippen LogP contribution is 2.27. The second kappa shape index (κ2) is 5.71. The largest absolute Gasteiger partial charge is 0.378 e. The minimum Gasteiger partial charge on any atom is -0.378 e. The van der Waals surface area contributed by atoms with Crippen LogP contribution < -0.4 is 4.90 Å². The first-order chi connectivity index (χ1) is 10.2. The molecule has 0 unspecified atom stereocenters. The number of hydrogen-bond acceptors (Lipinski definition) is 4. The topological polar surface area (TPSA) is 49.2 Å². The Morgan fingerprint density at radius 1 is 1.29 bits per heavy atom. The van der Waals surface area contributed by atoms with Gasteiger partial charge in [0.2, 0.25) is 0 Å². The SMILES string of the molecule is Cc1ccc2cc(CC#N)c(N3CCOCC3)nc2c1C. The van der Waals surface area contributed by atoms with Gasteiger partial charge in [0, 0.05) is 24.0 Å². The van der Waals surface area contributed by atoms with Crippen molar-refractivity contribution in [3.63, 3.8) is 0 Å². The number of benzene rings is 1. The molecule has 1 aromatic carbocycles. The number of ether oxygens (including phenoxy) is 1. The lowest BCUT2D eigenvalue weighted by Gasteiger charge is -2.29. The van der Waals surface area contributed by atoms with Crippen LogP contribution in [0.1, 0.15) is 16.7 Å². The molecule has 1 aromatic heterocycles. The third kappa shape index (κ3) is 2.57. The van der Waals surface area contributed by atoms with Crippen molar-refractivity contribution < 1.29 is 4.74 Å². The maximum absolute atomic E-state index is 9.09. The standard InChI is InChI=1S/C17H19N3O/c1-12-3-4-14-11-15(5-6-18)17(19-16(14)13(12)2)20-7-9-21-10-8-20/h3-4,11H,5,7-10H2,1-2H3. The van der Waals surface area contributed by atoms with E-state index in [9.17, 15) is 0 Å². The molecule has 0 aliphatic carbocycles. The number of aromatic nitrogens is 1. The molecule has 108 valence electrons. The van der Waals surface area contributed by atoms with Gasteiger partial charge in [-0.1, -0.05) is 12.1 Å². The molecule has 0 saturated carbocycles. The smallest absolute Gasteiger partial charge is 0.133 e. The molecule has 0 N–H and O–H groups in total. The molecule has 3 rings (SSSR count). The first-order valence-corrected chi connectivity index (χ1v) is 7.30. The fourth-order valence-electron chi connectivity index (χ4n) is 2.78.